The number of anilines is 1. The number of likely N-dealkylation sites (N-methyl/N-ethyl adjacent to an activating group) is 1. The Morgan fingerprint density at radius 1 is 1.15 bits per heavy atom. The summed E-state index contributed by atoms with van der Waals surface area (Å²) >= 11 is 0. The molecule has 0 heterocycles. The zero-order valence-electron chi connectivity index (χ0n) is 12.0. The van der Waals surface area contributed by atoms with Gasteiger partial charge in [-0.05, 0) is 49.2 Å². The summed E-state index contributed by atoms with van der Waals surface area (Å²) in [6.07, 6.45) is 0. The molecule has 2 N–H and O–H groups in total. The molecule has 0 aliphatic carbocycles. The minimum Gasteiger partial charge on any atom is -0.370 e. The minimum absolute atomic E-state index is 0.203. The molecule has 1 atom stereocenters. The van der Waals surface area contributed by atoms with Crippen molar-refractivity contribution in [3.8, 4) is 0 Å². The molecule has 0 aromatic heterocycles. The van der Waals surface area contributed by atoms with Gasteiger partial charge in [0.05, 0.1) is 0 Å². The van der Waals surface area contributed by atoms with Crippen LogP contribution in [0, 0.1) is 12.7 Å². The highest BCUT2D eigenvalue weighted by Gasteiger charge is 2.12. The second-order valence-electron chi connectivity index (χ2n) is 5.04. The molecule has 0 fully saturated rings. The van der Waals surface area contributed by atoms with Crippen LogP contribution in [0.15, 0.2) is 48.5 Å². The molecule has 20 heavy (non-hydrogen) atoms. The Labute approximate surface area is 120 Å². The van der Waals surface area contributed by atoms with E-state index < -0.39 is 0 Å². The molecule has 0 aliphatic rings. The van der Waals surface area contributed by atoms with Crippen molar-refractivity contribution >= 4 is 5.69 Å². The first-order chi connectivity index (χ1) is 9.60. The lowest BCUT2D eigenvalue weighted by Crippen LogP contribution is -2.32. The summed E-state index contributed by atoms with van der Waals surface area (Å²) in [5.74, 6) is -0.239. The van der Waals surface area contributed by atoms with Crippen molar-refractivity contribution in [3.63, 3.8) is 0 Å². The second-order valence-corrected chi connectivity index (χ2v) is 5.04. The van der Waals surface area contributed by atoms with Crippen LogP contribution in [0.25, 0.3) is 0 Å². The number of nitrogens with two attached hydrogens (primary N) is 1. The van der Waals surface area contributed by atoms with Gasteiger partial charge in [-0.2, -0.15) is 0 Å². The molecule has 106 valence electrons. The van der Waals surface area contributed by atoms with E-state index in [4.69, 9.17) is 5.73 Å². The largest absolute Gasteiger partial charge is 0.370 e. The van der Waals surface area contributed by atoms with E-state index in [9.17, 15) is 4.39 Å². The Balaban J connectivity index is 2.14. The zero-order chi connectivity index (χ0) is 14.5. The number of nitrogens with zero attached hydrogens (tertiary/aromatic N) is 1. The standard InChI is InChI=1S/C17H21FN2/c1-3-20(16-9-4-6-13(2)10-16)12-17(19)14-7-5-8-15(18)11-14/h4-11,17H,3,12,19H2,1-2H3. The van der Waals surface area contributed by atoms with Gasteiger partial charge < -0.3 is 10.6 Å². The molecule has 2 aromatic carbocycles. The Kier molecular flexibility index (Phi) is 4.74. The van der Waals surface area contributed by atoms with E-state index in [0.717, 1.165) is 17.8 Å². The Bertz CT molecular complexity index is 568. The maximum Gasteiger partial charge on any atom is 0.123 e. The summed E-state index contributed by atoms with van der Waals surface area (Å²) in [5.41, 5.74) is 9.41. The van der Waals surface area contributed by atoms with E-state index in [1.807, 2.05) is 12.1 Å². The molecule has 2 nitrogen and oxygen atoms in total. The van der Waals surface area contributed by atoms with Gasteiger partial charge in [0.1, 0.15) is 5.82 Å². The van der Waals surface area contributed by atoms with Crippen LogP contribution in [0.2, 0.25) is 0 Å². The van der Waals surface area contributed by atoms with Crippen LogP contribution in [-0.4, -0.2) is 13.1 Å². The van der Waals surface area contributed by atoms with Crippen LogP contribution in [0.3, 0.4) is 0 Å². The van der Waals surface area contributed by atoms with Gasteiger partial charge in [0.25, 0.3) is 0 Å². The molecule has 0 bridgehead atoms. The number of halogens is 1. The van der Waals surface area contributed by atoms with Gasteiger partial charge in [-0.15, -0.1) is 0 Å². The quantitative estimate of drug-likeness (QED) is 0.900. The van der Waals surface area contributed by atoms with Crippen LogP contribution in [0.5, 0.6) is 0 Å². The number of hydrogen-bond acceptors (Lipinski definition) is 2. The second kappa shape index (κ2) is 6.53. The maximum atomic E-state index is 13.3. The van der Waals surface area contributed by atoms with Crippen molar-refractivity contribution < 1.29 is 4.39 Å². The van der Waals surface area contributed by atoms with Gasteiger partial charge in [-0.1, -0.05) is 24.3 Å². The monoisotopic (exact) mass is 272 g/mol. The van der Waals surface area contributed by atoms with Crippen molar-refractivity contribution in [2.45, 2.75) is 19.9 Å². The number of aryl methyl sites for hydroxylation is 1. The first kappa shape index (κ1) is 14.5. The average Bonchev–Trinajstić information content (AvgIpc) is 2.44. The summed E-state index contributed by atoms with van der Waals surface area (Å²) in [4.78, 5) is 2.21. The Hall–Kier alpha value is -1.87. The molecule has 0 saturated heterocycles. The third-order valence-electron chi connectivity index (χ3n) is 3.44. The van der Waals surface area contributed by atoms with Gasteiger partial charge in [0, 0.05) is 24.8 Å². The molecule has 1 unspecified atom stereocenters. The first-order valence-corrected chi connectivity index (χ1v) is 6.93. The van der Waals surface area contributed by atoms with Crippen LogP contribution < -0.4 is 10.6 Å². The Morgan fingerprint density at radius 2 is 1.90 bits per heavy atom. The van der Waals surface area contributed by atoms with Crippen LogP contribution in [-0.2, 0) is 0 Å². The highest BCUT2D eigenvalue weighted by Crippen LogP contribution is 2.20. The lowest BCUT2D eigenvalue weighted by Gasteiger charge is -2.27. The van der Waals surface area contributed by atoms with Crippen LogP contribution in [0.1, 0.15) is 24.1 Å². The van der Waals surface area contributed by atoms with E-state index in [0.29, 0.717) is 6.54 Å². The van der Waals surface area contributed by atoms with Crippen LogP contribution >= 0.6 is 0 Å². The van der Waals surface area contributed by atoms with Gasteiger partial charge in [-0.3, -0.25) is 0 Å². The fraction of sp³-hybridized carbons (Fsp3) is 0.294. The summed E-state index contributed by atoms with van der Waals surface area (Å²) in [6, 6.07) is 14.7. The number of hydrogen-bond donors (Lipinski definition) is 1. The molecule has 0 spiro atoms. The van der Waals surface area contributed by atoms with E-state index in [1.54, 1.807) is 6.07 Å². The SMILES string of the molecule is CCN(CC(N)c1cccc(F)c1)c1cccc(C)c1. The molecule has 3 heteroatoms. The van der Waals surface area contributed by atoms with E-state index >= 15 is 0 Å². The molecule has 2 aromatic rings. The predicted octanol–water partition coefficient (Wildman–Crippen LogP) is 3.66. The molecule has 0 radical (unpaired) electrons. The highest BCUT2D eigenvalue weighted by atomic mass is 19.1. The zero-order valence-corrected chi connectivity index (χ0v) is 12.0. The van der Waals surface area contributed by atoms with E-state index in [-0.39, 0.29) is 11.9 Å². The minimum atomic E-state index is -0.239. The predicted molar refractivity (Wildman–Crippen MR) is 82.4 cm³/mol. The van der Waals surface area contributed by atoms with E-state index in [2.05, 4.69) is 36.9 Å². The fourth-order valence-electron chi connectivity index (χ4n) is 2.32. The Morgan fingerprint density at radius 3 is 2.55 bits per heavy atom. The summed E-state index contributed by atoms with van der Waals surface area (Å²) in [5, 5.41) is 0. The molecule has 2 rings (SSSR count). The number of benzene rings is 2. The summed E-state index contributed by atoms with van der Waals surface area (Å²) < 4.78 is 13.3. The van der Waals surface area contributed by atoms with Gasteiger partial charge in [0.15, 0.2) is 0 Å². The van der Waals surface area contributed by atoms with Crippen molar-refractivity contribution in [1.82, 2.24) is 0 Å². The lowest BCUT2D eigenvalue weighted by molar-refractivity contribution is 0.616. The summed E-state index contributed by atoms with van der Waals surface area (Å²) in [6.45, 7) is 5.71. The van der Waals surface area contributed by atoms with Crippen LogP contribution in [0.4, 0.5) is 10.1 Å². The van der Waals surface area contributed by atoms with Crippen molar-refractivity contribution in [2.75, 3.05) is 18.0 Å². The molecular formula is C17H21FN2. The highest BCUT2D eigenvalue weighted by molar-refractivity contribution is 5.48. The fourth-order valence-corrected chi connectivity index (χ4v) is 2.32. The molecule has 0 saturated carbocycles. The van der Waals surface area contributed by atoms with Crippen molar-refractivity contribution in [2.24, 2.45) is 5.73 Å². The van der Waals surface area contributed by atoms with Crippen molar-refractivity contribution in [1.29, 1.82) is 0 Å². The average molecular weight is 272 g/mol. The van der Waals surface area contributed by atoms with Gasteiger partial charge >= 0.3 is 0 Å². The molecule has 0 amide bonds. The summed E-state index contributed by atoms with van der Waals surface area (Å²) in [7, 11) is 0. The molecule has 0 aliphatic heterocycles. The van der Waals surface area contributed by atoms with E-state index in [1.165, 1.54) is 17.7 Å². The smallest absolute Gasteiger partial charge is 0.123 e. The molecular weight excluding hydrogens is 251 g/mol. The van der Waals surface area contributed by atoms with Gasteiger partial charge in [0.2, 0.25) is 0 Å². The normalized spacial score (nSPS) is 12.2. The topological polar surface area (TPSA) is 29.3 Å². The third-order valence-corrected chi connectivity index (χ3v) is 3.44. The van der Waals surface area contributed by atoms with Crippen molar-refractivity contribution in [3.05, 3.63) is 65.5 Å². The van der Waals surface area contributed by atoms with Gasteiger partial charge in [-0.25, -0.2) is 4.39 Å². The maximum absolute atomic E-state index is 13.3. The lowest BCUT2D eigenvalue weighted by atomic mass is 10.1. The third kappa shape index (κ3) is 3.58. The first-order valence-electron chi connectivity index (χ1n) is 6.93. The number of rotatable bonds is 5.